The van der Waals surface area contributed by atoms with Gasteiger partial charge in [-0.25, -0.2) is 4.79 Å². The van der Waals surface area contributed by atoms with Crippen molar-refractivity contribution in [2.45, 2.75) is 51.9 Å². The Morgan fingerprint density at radius 3 is 1.64 bits per heavy atom. The second kappa shape index (κ2) is 14.1. The molecule has 0 spiro atoms. The van der Waals surface area contributed by atoms with Crippen LogP contribution in [0.4, 0.5) is 4.79 Å². The van der Waals surface area contributed by atoms with E-state index in [1.807, 2.05) is 12.1 Å². The molecule has 0 unspecified atom stereocenters. The van der Waals surface area contributed by atoms with E-state index in [4.69, 9.17) is 5.11 Å². The van der Waals surface area contributed by atoms with Gasteiger partial charge in [-0.3, -0.25) is 0 Å². The number of carbonyl (C=O) groups is 1. The average Bonchev–Trinajstić information content (AvgIpc) is 2.66. The molecule has 0 aliphatic heterocycles. The van der Waals surface area contributed by atoms with Gasteiger partial charge in [0.2, 0.25) is 0 Å². The molecular weight excluding hydrogens is 312 g/mol. The van der Waals surface area contributed by atoms with Gasteiger partial charge in [-0.05, 0) is 17.5 Å². The molecule has 0 heterocycles. The second-order valence-electron chi connectivity index (χ2n) is 5.97. The predicted octanol–water partition coefficient (Wildman–Crippen LogP) is 6.79. The van der Waals surface area contributed by atoms with Crippen molar-refractivity contribution in [3.63, 3.8) is 0 Å². The maximum absolute atomic E-state index is 9.95. The molecule has 0 fully saturated rings. The van der Waals surface area contributed by atoms with E-state index in [0.29, 0.717) is 6.61 Å². The second-order valence-corrected chi connectivity index (χ2v) is 5.97. The number of carboxylic acid groups (broad SMARTS) is 1. The topological polar surface area (TPSA) is 46.5 Å². The van der Waals surface area contributed by atoms with E-state index in [2.05, 4.69) is 60.2 Å². The summed E-state index contributed by atoms with van der Waals surface area (Å²) in [5, 5.41) is 8.16. The van der Waals surface area contributed by atoms with Gasteiger partial charge in [0.25, 0.3) is 0 Å². The molecule has 0 atom stereocenters. The molecule has 0 radical (unpaired) electrons. The summed E-state index contributed by atoms with van der Waals surface area (Å²) in [6.07, 6.45) is 7.12. The Labute approximate surface area is 151 Å². The Morgan fingerprint density at radius 2 is 1.20 bits per heavy atom. The third kappa shape index (κ3) is 11.0. The molecule has 136 valence electrons. The molecule has 25 heavy (non-hydrogen) atoms. The lowest BCUT2D eigenvalue weighted by Crippen LogP contribution is -2.01. The van der Waals surface area contributed by atoms with Crippen molar-refractivity contribution >= 4 is 6.16 Å². The molecule has 1 N–H and O–H groups in total. The van der Waals surface area contributed by atoms with Crippen molar-refractivity contribution in [2.75, 3.05) is 6.61 Å². The quantitative estimate of drug-likeness (QED) is 0.403. The molecule has 0 bridgehead atoms. The molecule has 2 rings (SSSR count). The maximum atomic E-state index is 9.95. The number of rotatable bonds is 9. The van der Waals surface area contributed by atoms with Crippen LogP contribution in [0, 0.1) is 0 Å². The van der Waals surface area contributed by atoms with Crippen LogP contribution < -0.4 is 0 Å². The highest BCUT2D eigenvalue weighted by Crippen LogP contribution is 2.17. The van der Waals surface area contributed by atoms with Gasteiger partial charge in [-0.1, -0.05) is 106 Å². The standard InChI is InChI=1S/C12H10.C10H20O3/c1-3-7-11(8-4-1)12-9-5-2-6-10-12;1-2-3-4-5-6-7-8-9-13-10(11)12/h1-10H;2-9H2,1H3,(H,11,12). The number of ether oxygens (including phenoxy) is 1. The van der Waals surface area contributed by atoms with Gasteiger partial charge in [0.15, 0.2) is 0 Å². The minimum atomic E-state index is -1.16. The Hall–Kier alpha value is -2.29. The molecule has 2 aromatic carbocycles. The first-order valence-corrected chi connectivity index (χ1v) is 9.20. The van der Waals surface area contributed by atoms with Crippen molar-refractivity contribution in [1.29, 1.82) is 0 Å². The van der Waals surface area contributed by atoms with E-state index in [1.165, 1.54) is 43.2 Å². The van der Waals surface area contributed by atoms with Crippen molar-refractivity contribution in [3.8, 4) is 11.1 Å². The fourth-order valence-electron chi connectivity index (χ4n) is 2.48. The molecule has 0 saturated heterocycles. The van der Waals surface area contributed by atoms with Crippen LogP contribution in [0.1, 0.15) is 51.9 Å². The minimum absolute atomic E-state index is 0.350. The summed E-state index contributed by atoms with van der Waals surface area (Å²) in [5.41, 5.74) is 2.55. The summed E-state index contributed by atoms with van der Waals surface area (Å²) in [6.45, 7) is 2.55. The summed E-state index contributed by atoms with van der Waals surface area (Å²) in [6, 6.07) is 20.8. The van der Waals surface area contributed by atoms with Crippen LogP contribution in [0.15, 0.2) is 60.7 Å². The SMILES string of the molecule is CCCCCCCCCOC(=O)O.c1ccc(-c2ccccc2)cc1. The van der Waals surface area contributed by atoms with Crippen LogP contribution in [-0.4, -0.2) is 17.9 Å². The summed E-state index contributed by atoms with van der Waals surface area (Å²) in [7, 11) is 0. The highest BCUT2D eigenvalue weighted by Gasteiger charge is 1.95. The van der Waals surface area contributed by atoms with E-state index in [-0.39, 0.29) is 0 Å². The summed E-state index contributed by atoms with van der Waals surface area (Å²) >= 11 is 0. The lowest BCUT2D eigenvalue weighted by Gasteiger charge is -2.00. The molecule has 0 amide bonds. The van der Waals surface area contributed by atoms with Gasteiger partial charge < -0.3 is 9.84 Å². The summed E-state index contributed by atoms with van der Waals surface area (Å²) in [4.78, 5) is 9.95. The zero-order chi connectivity index (χ0) is 18.2. The van der Waals surface area contributed by atoms with Crippen LogP contribution in [0.3, 0.4) is 0 Å². The van der Waals surface area contributed by atoms with Gasteiger partial charge in [-0.15, -0.1) is 0 Å². The Bertz CT molecular complexity index is 514. The normalized spacial score (nSPS) is 9.80. The molecule has 0 aliphatic rings. The highest BCUT2D eigenvalue weighted by atomic mass is 16.7. The smallest absolute Gasteiger partial charge is 0.450 e. The van der Waals surface area contributed by atoms with Crippen LogP contribution in [0.2, 0.25) is 0 Å². The van der Waals surface area contributed by atoms with E-state index in [0.717, 1.165) is 12.8 Å². The van der Waals surface area contributed by atoms with E-state index >= 15 is 0 Å². The number of hydrogen-bond acceptors (Lipinski definition) is 2. The number of unbranched alkanes of at least 4 members (excludes halogenated alkanes) is 6. The van der Waals surface area contributed by atoms with Crippen LogP contribution in [-0.2, 0) is 4.74 Å². The molecule has 2 aromatic rings. The molecule has 0 saturated carbocycles. The molecule has 3 heteroatoms. The maximum Gasteiger partial charge on any atom is 0.505 e. The molecule has 0 aromatic heterocycles. The molecule has 0 aliphatic carbocycles. The van der Waals surface area contributed by atoms with Crippen molar-refractivity contribution in [2.24, 2.45) is 0 Å². The van der Waals surface area contributed by atoms with E-state index < -0.39 is 6.16 Å². The molecule has 3 nitrogen and oxygen atoms in total. The van der Waals surface area contributed by atoms with Crippen LogP contribution in [0.25, 0.3) is 11.1 Å². The minimum Gasteiger partial charge on any atom is -0.450 e. The van der Waals surface area contributed by atoms with Gasteiger partial charge in [0, 0.05) is 0 Å². The monoisotopic (exact) mass is 342 g/mol. The van der Waals surface area contributed by atoms with Gasteiger partial charge in [-0.2, -0.15) is 0 Å². The highest BCUT2D eigenvalue weighted by molar-refractivity contribution is 5.62. The first-order chi connectivity index (χ1) is 12.2. The zero-order valence-electron chi connectivity index (χ0n) is 15.2. The largest absolute Gasteiger partial charge is 0.505 e. The fourth-order valence-corrected chi connectivity index (χ4v) is 2.48. The third-order valence-corrected chi connectivity index (χ3v) is 3.85. The van der Waals surface area contributed by atoms with Crippen LogP contribution in [0.5, 0.6) is 0 Å². The van der Waals surface area contributed by atoms with Crippen molar-refractivity contribution < 1.29 is 14.6 Å². The van der Waals surface area contributed by atoms with Crippen LogP contribution >= 0.6 is 0 Å². The van der Waals surface area contributed by atoms with Gasteiger partial charge >= 0.3 is 6.16 Å². The lowest BCUT2D eigenvalue weighted by atomic mass is 10.1. The van der Waals surface area contributed by atoms with Crippen molar-refractivity contribution in [3.05, 3.63) is 60.7 Å². The van der Waals surface area contributed by atoms with Gasteiger partial charge in [0.1, 0.15) is 0 Å². The van der Waals surface area contributed by atoms with E-state index in [9.17, 15) is 4.79 Å². The average molecular weight is 342 g/mol. The zero-order valence-corrected chi connectivity index (χ0v) is 15.2. The summed E-state index contributed by atoms with van der Waals surface area (Å²) in [5.74, 6) is 0. The fraction of sp³-hybridized carbons (Fsp3) is 0.409. The first-order valence-electron chi connectivity index (χ1n) is 9.20. The predicted molar refractivity (Wildman–Crippen MR) is 104 cm³/mol. The Balaban J connectivity index is 0.000000250. The summed E-state index contributed by atoms with van der Waals surface area (Å²) < 4.78 is 4.39. The third-order valence-electron chi connectivity index (χ3n) is 3.85. The molecular formula is C22H30O3. The number of benzene rings is 2. The van der Waals surface area contributed by atoms with E-state index in [1.54, 1.807) is 0 Å². The Kier molecular flexibility index (Phi) is 11.7. The number of hydrogen-bond donors (Lipinski definition) is 1. The van der Waals surface area contributed by atoms with Crippen molar-refractivity contribution in [1.82, 2.24) is 0 Å². The van der Waals surface area contributed by atoms with Gasteiger partial charge in [0.05, 0.1) is 6.61 Å². The first kappa shape index (κ1) is 20.8. The lowest BCUT2D eigenvalue weighted by molar-refractivity contribution is 0.0899. The Morgan fingerprint density at radius 1 is 0.760 bits per heavy atom.